The molecule has 0 saturated carbocycles. The van der Waals surface area contributed by atoms with Crippen molar-refractivity contribution in [1.82, 2.24) is 0 Å². The molecule has 0 aliphatic heterocycles. The second-order valence-electron chi connectivity index (χ2n) is 5.28. The number of hydrogen-bond donors (Lipinski definition) is 1. The zero-order valence-corrected chi connectivity index (χ0v) is 12.7. The van der Waals surface area contributed by atoms with Crippen molar-refractivity contribution in [3.8, 4) is 0 Å². The fraction of sp³-hybridized carbons (Fsp3) is 0.222. The third-order valence-corrected chi connectivity index (χ3v) is 3.52. The van der Waals surface area contributed by atoms with Crippen LogP contribution < -0.4 is 5.32 Å². The Hall–Kier alpha value is -2.49. The highest BCUT2D eigenvalue weighted by atomic mass is 19.1. The number of carbonyl (C=O) groups is 2. The highest BCUT2D eigenvalue weighted by Gasteiger charge is 2.10. The normalized spacial score (nSPS) is 10.3. The molecule has 4 heteroatoms. The second-order valence-corrected chi connectivity index (χ2v) is 5.28. The third-order valence-electron chi connectivity index (χ3n) is 3.52. The molecule has 1 amide bonds. The number of carbonyl (C=O) groups excluding carboxylic acids is 2. The van der Waals surface area contributed by atoms with E-state index in [1.54, 1.807) is 12.1 Å². The fourth-order valence-electron chi connectivity index (χ4n) is 2.08. The average Bonchev–Trinajstić information content (AvgIpc) is 2.47. The Morgan fingerprint density at radius 2 is 1.77 bits per heavy atom. The van der Waals surface area contributed by atoms with Gasteiger partial charge in [0.1, 0.15) is 5.82 Å². The van der Waals surface area contributed by atoms with Crippen LogP contribution in [0.15, 0.2) is 42.5 Å². The molecule has 3 nitrogen and oxygen atoms in total. The van der Waals surface area contributed by atoms with Crippen molar-refractivity contribution >= 4 is 17.4 Å². The van der Waals surface area contributed by atoms with E-state index < -0.39 is 5.82 Å². The van der Waals surface area contributed by atoms with Gasteiger partial charge in [-0.3, -0.25) is 9.59 Å². The van der Waals surface area contributed by atoms with Crippen molar-refractivity contribution in [2.45, 2.75) is 26.7 Å². The molecule has 0 fully saturated rings. The van der Waals surface area contributed by atoms with Crippen LogP contribution in [0.2, 0.25) is 0 Å². The highest BCUT2D eigenvalue weighted by molar-refractivity contribution is 6.00. The number of hydrogen-bond acceptors (Lipinski definition) is 2. The first-order chi connectivity index (χ1) is 10.5. The number of halogens is 1. The van der Waals surface area contributed by atoms with Crippen LogP contribution in [0.25, 0.3) is 0 Å². The lowest BCUT2D eigenvalue weighted by Crippen LogP contribution is -2.13. The summed E-state index contributed by atoms with van der Waals surface area (Å²) in [5.74, 6) is -0.788. The van der Waals surface area contributed by atoms with Gasteiger partial charge in [0.05, 0.1) is 0 Å². The highest BCUT2D eigenvalue weighted by Crippen LogP contribution is 2.13. The molecule has 0 saturated heterocycles. The Labute approximate surface area is 129 Å². The van der Waals surface area contributed by atoms with Crippen LogP contribution >= 0.6 is 0 Å². The van der Waals surface area contributed by atoms with E-state index in [0.29, 0.717) is 11.3 Å². The van der Waals surface area contributed by atoms with Crippen molar-refractivity contribution in [2.75, 3.05) is 5.32 Å². The largest absolute Gasteiger partial charge is 0.326 e. The van der Waals surface area contributed by atoms with E-state index in [1.807, 2.05) is 26.0 Å². The fourth-order valence-corrected chi connectivity index (χ4v) is 2.08. The van der Waals surface area contributed by atoms with Gasteiger partial charge in [-0.05, 0) is 49.2 Å². The number of anilines is 1. The molecule has 114 valence electrons. The Morgan fingerprint density at radius 1 is 1.00 bits per heavy atom. The van der Waals surface area contributed by atoms with Gasteiger partial charge in [-0.25, -0.2) is 4.39 Å². The van der Waals surface area contributed by atoms with Crippen molar-refractivity contribution in [3.63, 3.8) is 0 Å². The zero-order valence-electron chi connectivity index (χ0n) is 12.7. The van der Waals surface area contributed by atoms with Crippen molar-refractivity contribution in [2.24, 2.45) is 0 Å². The summed E-state index contributed by atoms with van der Waals surface area (Å²) in [5, 5.41) is 2.58. The summed E-state index contributed by atoms with van der Waals surface area (Å²) in [7, 11) is 0. The topological polar surface area (TPSA) is 46.2 Å². The molecule has 0 atom stereocenters. The molecule has 0 bridgehead atoms. The van der Waals surface area contributed by atoms with Gasteiger partial charge in [0, 0.05) is 24.1 Å². The summed E-state index contributed by atoms with van der Waals surface area (Å²) >= 11 is 0. The molecular formula is C18H18FNO2. The van der Waals surface area contributed by atoms with Crippen LogP contribution in [0.5, 0.6) is 0 Å². The molecule has 0 spiro atoms. The summed E-state index contributed by atoms with van der Waals surface area (Å²) in [4.78, 5) is 23.9. The van der Waals surface area contributed by atoms with Crippen LogP contribution in [0.3, 0.4) is 0 Å². The minimum Gasteiger partial charge on any atom is -0.326 e. The van der Waals surface area contributed by atoms with E-state index in [2.05, 4.69) is 5.32 Å². The van der Waals surface area contributed by atoms with Gasteiger partial charge in [0.25, 0.3) is 0 Å². The number of aryl methyl sites for hydroxylation is 2. The molecule has 0 unspecified atom stereocenters. The third kappa shape index (κ3) is 4.25. The maximum absolute atomic E-state index is 13.0. The first-order valence-corrected chi connectivity index (χ1v) is 7.11. The van der Waals surface area contributed by atoms with Gasteiger partial charge in [0.15, 0.2) is 5.78 Å². The molecule has 0 aromatic heterocycles. The van der Waals surface area contributed by atoms with E-state index in [0.717, 1.165) is 11.1 Å². The first-order valence-electron chi connectivity index (χ1n) is 7.11. The maximum Gasteiger partial charge on any atom is 0.224 e. The van der Waals surface area contributed by atoms with Crippen LogP contribution in [-0.2, 0) is 4.79 Å². The molecule has 1 N–H and O–H groups in total. The Balaban J connectivity index is 1.90. The van der Waals surface area contributed by atoms with Crippen LogP contribution in [-0.4, -0.2) is 11.7 Å². The van der Waals surface area contributed by atoms with Gasteiger partial charge in [-0.15, -0.1) is 0 Å². The van der Waals surface area contributed by atoms with E-state index in [-0.39, 0.29) is 24.5 Å². The SMILES string of the molecule is Cc1ccc(C(=O)CCC(=O)Nc2cccc(F)c2)cc1C. The molecule has 0 heterocycles. The number of benzene rings is 2. The summed E-state index contributed by atoms with van der Waals surface area (Å²) in [5.41, 5.74) is 3.18. The van der Waals surface area contributed by atoms with E-state index in [1.165, 1.54) is 18.2 Å². The predicted octanol–water partition coefficient (Wildman–Crippen LogP) is 4.04. The monoisotopic (exact) mass is 299 g/mol. The minimum atomic E-state index is -0.413. The van der Waals surface area contributed by atoms with E-state index in [4.69, 9.17) is 0 Å². The smallest absolute Gasteiger partial charge is 0.224 e. The van der Waals surface area contributed by atoms with Crippen molar-refractivity contribution < 1.29 is 14.0 Å². The number of rotatable bonds is 5. The van der Waals surface area contributed by atoms with Gasteiger partial charge in [-0.1, -0.05) is 18.2 Å². The molecule has 2 aromatic carbocycles. The van der Waals surface area contributed by atoms with E-state index >= 15 is 0 Å². The summed E-state index contributed by atoms with van der Waals surface area (Å²) in [6.07, 6.45) is 0.200. The van der Waals surface area contributed by atoms with E-state index in [9.17, 15) is 14.0 Å². The van der Waals surface area contributed by atoms with Gasteiger partial charge < -0.3 is 5.32 Å². The molecule has 2 aromatic rings. The Kier molecular flexibility index (Phi) is 5.04. The Morgan fingerprint density at radius 3 is 2.45 bits per heavy atom. The summed E-state index contributed by atoms with van der Waals surface area (Å²) in [6.45, 7) is 3.93. The molecule has 0 aliphatic carbocycles. The number of ketones is 1. The van der Waals surface area contributed by atoms with Crippen molar-refractivity contribution in [3.05, 3.63) is 65.0 Å². The van der Waals surface area contributed by atoms with Crippen LogP contribution in [0, 0.1) is 19.7 Å². The maximum atomic E-state index is 13.0. The molecule has 2 rings (SSSR count). The summed E-state index contributed by atoms with van der Waals surface area (Å²) in [6, 6.07) is 11.2. The zero-order chi connectivity index (χ0) is 16.1. The lowest BCUT2D eigenvalue weighted by Gasteiger charge is -2.06. The minimum absolute atomic E-state index is 0.0717. The predicted molar refractivity (Wildman–Crippen MR) is 84.5 cm³/mol. The molecule has 0 radical (unpaired) electrons. The molecule has 22 heavy (non-hydrogen) atoms. The number of amides is 1. The first kappa shape index (κ1) is 15.9. The summed E-state index contributed by atoms with van der Waals surface area (Å²) < 4.78 is 13.0. The lowest BCUT2D eigenvalue weighted by atomic mass is 10.0. The molecule has 0 aliphatic rings. The second kappa shape index (κ2) is 6.98. The van der Waals surface area contributed by atoms with Crippen LogP contribution in [0.4, 0.5) is 10.1 Å². The quantitative estimate of drug-likeness (QED) is 0.847. The van der Waals surface area contributed by atoms with Gasteiger partial charge >= 0.3 is 0 Å². The Bertz CT molecular complexity index is 710. The van der Waals surface area contributed by atoms with Gasteiger partial charge in [0.2, 0.25) is 5.91 Å². The standard InChI is InChI=1S/C18H18FNO2/c1-12-6-7-14(10-13(12)2)17(21)8-9-18(22)20-16-5-3-4-15(19)11-16/h3-7,10-11H,8-9H2,1-2H3,(H,20,22). The number of Topliss-reactive ketones (excluding diaryl/α,β-unsaturated/α-hetero) is 1. The molecular weight excluding hydrogens is 281 g/mol. The lowest BCUT2D eigenvalue weighted by molar-refractivity contribution is -0.116. The van der Waals surface area contributed by atoms with Gasteiger partial charge in [-0.2, -0.15) is 0 Å². The average molecular weight is 299 g/mol. The number of nitrogens with one attached hydrogen (secondary N) is 1. The van der Waals surface area contributed by atoms with Crippen LogP contribution in [0.1, 0.15) is 34.3 Å². The van der Waals surface area contributed by atoms with Crippen molar-refractivity contribution in [1.29, 1.82) is 0 Å².